The van der Waals surface area contributed by atoms with Crippen LogP contribution in [0.1, 0.15) is 37.0 Å². The third kappa shape index (κ3) is 3.82. The predicted octanol–water partition coefficient (Wildman–Crippen LogP) is 6.09. The van der Waals surface area contributed by atoms with E-state index >= 15 is 0 Å². The minimum absolute atomic E-state index is 0.306. The molecule has 0 saturated carbocycles. The smallest absolute Gasteiger partial charge is 0.118 e. The molecular formula is C26H30O3. The molecule has 1 unspecified atom stereocenters. The van der Waals surface area contributed by atoms with Gasteiger partial charge in [0.15, 0.2) is 0 Å². The molecule has 152 valence electrons. The maximum atomic E-state index is 5.41. The van der Waals surface area contributed by atoms with Crippen LogP contribution in [-0.4, -0.2) is 21.3 Å². The molecule has 3 aromatic carbocycles. The lowest BCUT2D eigenvalue weighted by atomic mass is 9.61. The third-order valence-corrected chi connectivity index (χ3v) is 5.99. The Bertz CT molecular complexity index is 781. The second-order valence-electron chi connectivity index (χ2n) is 7.30. The minimum atomic E-state index is -0.306. The second kappa shape index (κ2) is 9.04. The van der Waals surface area contributed by atoms with Crippen molar-refractivity contribution < 1.29 is 14.2 Å². The van der Waals surface area contributed by atoms with Gasteiger partial charge in [0.2, 0.25) is 0 Å². The van der Waals surface area contributed by atoms with E-state index < -0.39 is 0 Å². The Balaban J connectivity index is 2.30. The van der Waals surface area contributed by atoms with E-state index in [-0.39, 0.29) is 5.41 Å². The van der Waals surface area contributed by atoms with Crippen LogP contribution in [0, 0.1) is 5.92 Å². The molecule has 0 aromatic heterocycles. The molecule has 0 N–H and O–H groups in total. The van der Waals surface area contributed by atoms with E-state index in [1.54, 1.807) is 21.3 Å². The lowest BCUT2D eigenvalue weighted by molar-refractivity contribution is 0.385. The van der Waals surface area contributed by atoms with Crippen molar-refractivity contribution in [2.45, 2.75) is 25.7 Å². The summed E-state index contributed by atoms with van der Waals surface area (Å²) in [4.78, 5) is 0. The number of methoxy groups -OCH3 is 3. The van der Waals surface area contributed by atoms with Crippen LogP contribution in [0.25, 0.3) is 0 Å². The fourth-order valence-electron chi connectivity index (χ4n) is 4.22. The van der Waals surface area contributed by atoms with Gasteiger partial charge in [-0.25, -0.2) is 0 Å². The molecule has 1 atom stereocenters. The zero-order valence-electron chi connectivity index (χ0n) is 17.9. The Kier molecular flexibility index (Phi) is 6.48. The van der Waals surface area contributed by atoms with Gasteiger partial charge in [-0.3, -0.25) is 0 Å². The summed E-state index contributed by atoms with van der Waals surface area (Å²) in [6.45, 7) is 4.56. The van der Waals surface area contributed by atoms with E-state index in [2.05, 4.69) is 50.2 Å². The molecule has 29 heavy (non-hydrogen) atoms. The van der Waals surface area contributed by atoms with Gasteiger partial charge in [-0.1, -0.05) is 56.7 Å². The number of ether oxygens (including phenoxy) is 3. The Morgan fingerprint density at radius 1 is 0.586 bits per heavy atom. The average molecular weight is 391 g/mol. The quantitative estimate of drug-likeness (QED) is 0.435. The molecule has 0 spiro atoms. The third-order valence-electron chi connectivity index (χ3n) is 5.99. The van der Waals surface area contributed by atoms with Crippen molar-refractivity contribution in [1.29, 1.82) is 0 Å². The molecule has 0 amide bonds. The van der Waals surface area contributed by atoms with E-state index in [1.165, 1.54) is 16.7 Å². The van der Waals surface area contributed by atoms with Gasteiger partial charge in [-0.2, -0.15) is 0 Å². The fraction of sp³-hybridized carbons (Fsp3) is 0.308. The van der Waals surface area contributed by atoms with Crippen LogP contribution < -0.4 is 14.2 Å². The monoisotopic (exact) mass is 390 g/mol. The van der Waals surface area contributed by atoms with E-state index in [0.29, 0.717) is 5.92 Å². The van der Waals surface area contributed by atoms with E-state index in [9.17, 15) is 0 Å². The molecule has 3 rings (SSSR count). The largest absolute Gasteiger partial charge is 0.497 e. The molecule has 0 radical (unpaired) electrons. The predicted molar refractivity (Wildman–Crippen MR) is 118 cm³/mol. The van der Waals surface area contributed by atoms with Gasteiger partial charge < -0.3 is 14.2 Å². The van der Waals surface area contributed by atoms with Crippen LogP contribution in [-0.2, 0) is 5.41 Å². The SMILES string of the molecule is CCC(C)C(c1ccc(OC)cc1)(c1ccc(OC)cc1)c1ccc(OC)cc1. The van der Waals surface area contributed by atoms with Gasteiger partial charge >= 0.3 is 0 Å². The Morgan fingerprint density at radius 3 is 1.07 bits per heavy atom. The zero-order chi connectivity index (χ0) is 20.9. The molecule has 0 aliphatic heterocycles. The Labute approximate surface area is 174 Å². The van der Waals surface area contributed by atoms with Crippen molar-refractivity contribution in [2.24, 2.45) is 5.92 Å². The first-order chi connectivity index (χ1) is 14.1. The summed E-state index contributed by atoms with van der Waals surface area (Å²) >= 11 is 0. The number of hydrogen-bond donors (Lipinski definition) is 0. The average Bonchev–Trinajstić information content (AvgIpc) is 2.80. The van der Waals surface area contributed by atoms with Crippen molar-refractivity contribution >= 4 is 0 Å². The molecule has 0 bridgehead atoms. The summed E-state index contributed by atoms with van der Waals surface area (Å²) in [5.41, 5.74) is 3.41. The standard InChI is InChI=1S/C26H30O3/c1-6-19(2)26(20-7-13-23(27-3)14-8-20,21-9-15-24(28-4)16-10-21)22-11-17-25(29-5)18-12-22/h7-19H,6H2,1-5H3. The summed E-state index contributed by atoms with van der Waals surface area (Å²) in [6.07, 6.45) is 1.03. The van der Waals surface area contributed by atoms with Crippen LogP contribution >= 0.6 is 0 Å². The molecule has 0 fully saturated rings. The lowest BCUT2D eigenvalue weighted by Gasteiger charge is -2.41. The summed E-state index contributed by atoms with van der Waals surface area (Å²) < 4.78 is 16.2. The van der Waals surface area contributed by atoms with Gasteiger partial charge in [0.05, 0.1) is 21.3 Å². The minimum Gasteiger partial charge on any atom is -0.497 e. The van der Waals surface area contributed by atoms with Crippen molar-refractivity contribution in [3.8, 4) is 17.2 Å². The summed E-state index contributed by atoms with van der Waals surface area (Å²) in [5.74, 6) is 2.93. The van der Waals surface area contributed by atoms with Crippen molar-refractivity contribution in [3.63, 3.8) is 0 Å². The van der Waals surface area contributed by atoms with Crippen LogP contribution in [0.2, 0.25) is 0 Å². The highest BCUT2D eigenvalue weighted by atomic mass is 16.5. The van der Waals surface area contributed by atoms with E-state index in [0.717, 1.165) is 23.7 Å². The first-order valence-electron chi connectivity index (χ1n) is 10.0. The fourth-order valence-corrected chi connectivity index (χ4v) is 4.22. The maximum absolute atomic E-state index is 5.41. The summed E-state index contributed by atoms with van der Waals surface area (Å²) in [5, 5.41) is 0. The summed E-state index contributed by atoms with van der Waals surface area (Å²) in [7, 11) is 5.09. The van der Waals surface area contributed by atoms with Gasteiger partial charge in [0.25, 0.3) is 0 Å². The van der Waals surface area contributed by atoms with Gasteiger partial charge in [0, 0.05) is 5.41 Å². The van der Waals surface area contributed by atoms with Crippen molar-refractivity contribution in [1.82, 2.24) is 0 Å². The Hall–Kier alpha value is -2.94. The second-order valence-corrected chi connectivity index (χ2v) is 7.30. The van der Waals surface area contributed by atoms with E-state index in [4.69, 9.17) is 14.2 Å². The number of rotatable bonds is 8. The lowest BCUT2D eigenvalue weighted by Crippen LogP contribution is -2.36. The molecule has 0 heterocycles. The molecule has 0 saturated heterocycles. The molecular weight excluding hydrogens is 360 g/mol. The van der Waals surface area contributed by atoms with Gasteiger partial charge in [-0.15, -0.1) is 0 Å². The van der Waals surface area contributed by atoms with Crippen LogP contribution in [0.3, 0.4) is 0 Å². The Morgan fingerprint density at radius 2 is 0.862 bits per heavy atom. The van der Waals surface area contributed by atoms with Gasteiger partial charge in [0.1, 0.15) is 17.2 Å². The first kappa shape index (κ1) is 20.8. The van der Waals surface area contributed by atoms with Crippen molar-refractivity contribution in [2.75, 3.05) is 21.3 Å². The molecule has 3 aromatic rings. The van der Waals surface area contributed by atoms with Crippen molar-refractivity contribution in [3.05, 3.63) is 89.5 Å². The normalized spacial score (nSPS) is 12.3. The highest BCUT2D eigenvalue weighted by Crippen LogP contribution is 2.47. The number of hydrogen-bond acceptors (Lipinski definition) is 3. The highest BCUT2D eigenvalue weighted by Gasteiger charge is 2.40. The molecule has 3 nitrogen and oxygen atoms in total. The van der Waals surface area contributed by atoms with E-state index in [1.807, 2.05) is 36.4 Å². The number of benzene rings is 3. The summed E-state index contributed by atoms with van der Waals surface area (Å²) in [6, 6.07) is 25.3. The highest BCUT2D eigenvalue weighted by molar-refractivity contribution is 5.53. The first-order valence-corrected chi connectivity index (χ1v) is 10.0. The van der Waals surface area contributed by atoms with Crippen LogP contribution in [0.15, 0.2) is 72.8 Å². The zero-order valence-corrected chi connectivity index (χ0v) is 17.9. The van der Waals surface area contributed by atoms with Crippen LogP contribution in [0.4, 0.5) is 0 Å². The van der Waals surface area contributed by atoms with Gasteiger partial charge in [-0.05, 0) is 59.0 Å². The topological polar surface area (TPSA) is 27.7 Å². The molecule has 0 aliphatic rings. The van der Waals surface area contributed by atoms with Crippen LogP contribution in [0.5, 0.6) is 17.2 Å². The molecule has 3 heteroatoms. The maximum Gasteiger partial charge on any atom is 0.118 e. The molecule has 0 aliphatic carbocycles.